The Morgan fingerprint density at radius 3 is 2.55 bits per heavy atom. The molecule has 4 nitrogen and oxygen atoms in total. The lowest BCUT2D eigenvalue weighted by Gasteiger charge is -2.28. The smallest absolute Gasteiger partial charge is 0.177 e. The van der Waals surface area contributed by atoms with Gasteiger partial charge in [-0.15, -0.1) is 11.3 Å². The van der Waals surface area contributed by atoms with E-state index >= 15 is 0 Å². The molecule has 0 bridgehead atoms. The van der Waals surface area contributed by atoms with E-state index in [-0.39, 0.29) is 11.9 Å². The van der Waals surface area contributed by atoms with E-state index in [1.807, 2.05) is 20.8 Å². The molecule has 1 fully saturated rings. The fourth-order valence-electron chi connectivity index (χ4n) is 2.44. The van der Waals surface area contributed by atoms with Crippen LogP contribution in [0, 0.1) is 0 Å². The number of carbonyl (C=O) groups is 1. The number of ketones is 1. The van der Waals surface area contributed by atoms with Gasteiger partial charge < -0.3 is 15.4 Å². The van der Waals surface area contributed by atoms with Gasteiger partial charge in [-0.05, 0) is 33.1 Å². The third-order valence-electron chi connectivity index (χ3n) is 3.45. The quantitative estimate of drug-likeness (QED) is 0.842. The Hall–Kier alpha value is -1.23. The highest BCUT2D eigenvalue weighted by molar-refractivity contribution is 7.19. The summed E-state index contributed by atoms with van der Waals surface area (Å²) in [5.41, 5.74) is 6.70. The molecule has 0 spiro atoms. The molecule has 0 atom stereocenters. The van der Waals surface area contributed by atoms with Crippen LogP contribution in [0.1, 0.15) is 56.1 Å². The van der Waals surface area contributed by atoms with Gasteiger partial charge in [0, 0.05) is 19.5 Å². The number of thiophene rings is 1. The van der Waals surface area contributed by atoms with Crippen LogP contribution in [0.4, 0.5) is 10.7 Å². The Balaban J connectivity index is 2.39. The summed E-state index contributed by atoms with van der Waals surface area (Å²) in [6.45, 7) is 7.88. The fraction of sp³-hybridized carbons (Fsp3) is 0.667. The molecular formula is C15H24N2O2S. The molecule has 2 heterocycles. The maximum absolute atomic E-state index is 12.0. The molecule has 0 amide bonds. The molecule has 20 heavy (non-hydrogen) atoms. The maximum Gasteiger partial charge on any atom is 0.177 e. The molecule has 0 aliphatic carbocycles. The molecular weight excluding hydrogens is 272 g/mol. The van der Waals surface area contributed by atoms with Crippen molar-refractivity contribution in [3.8, 4) is 5.75 Å². The Morgan fingerprint density at radius 2 is 2.00 bits per heavy atom. The number of rotatable bonds is 5. The van der Waals surface area contributed by atoms with Gasteiger partial charge in [-0.2, -0.15) is 0 Å². The molecule has 0 aromatic carbocycles. The molecule has 1 aromatic heterocycles. The second-order valence-corrected chi connectivity index (χ2v) is 6.47. The zero-order valence-corrected chi connectivity index (χ0v) is 13.4. The van der Waals surface area contributed by atoms with Crippen LogP contribution in [0.25, 0.3) is 0 Å². The molecule has 2 N–H and O–H groups in total. The van der Waals surface area contributed by atoms with Crippen LogP contribution in [0.5, 0.6) is 5.75 Å². The first kappa shape index (κ1) is 15.2. The predicted molar refractivity (Wildman–Crippen MR) is 85.2 cm³/mol. The number of nitrogens with two attached hydrogens (primary N) is 1. The van der Waals surface area contributed by atoms with Gasteiger partial charge >= 0.3 is 0 Å². The topological polar surface area (TPSA) is 55.6 Å². The number of anilines is 2. The normalized spacial score (nSPS) is 15.7. The predicted octanol–water partition coefficient (Wildman–Crippen LogP) is 3.70. The molecule has 0 saturated carbocycles. The minimum absolute atomic E-state index is 0.0556. The number of nitrogen functional groups attached to an aromatic ring is 1. The van der Waals surface area contributed by atoms with Crippen molar-refractivity contribution in [2.45, 2.75) is 52.6 Å². The van der Waals surface area contributed by atoms with E-state index in [9.17, 15) is 4.79 Å². The van der Waals surface area contributed by atoms with Crippen molar-refractivity contribution < 1.29 is 9.53 Å². The lowest BCUT2D eigenvalue weighted by Crippen LogP contribution is -2.29. The number of hydrogen-bond donors (Lipinski definition) is 1. The summed E-state index contributed by atoms with van der Waals surface area (Å²) >= 11 is 1.49. The molecule has 112 valence electrons. The molecule has 0 unspecified atom stereocenters. The van der Waals surface area contributed by atoms with E-state index in [0.29, 0.717) is 22.7 Å². The Labute approximate surface area is 124 Å². The zero-order valence-electron chi connectivity index (χ0n) is 12.6. The zero-order chi connectivity index (χ0) is 14.7. The Bertz CT molecular complexity index is 476. The lowest BCUT2D eigenvalue weighted by atomic mass is 10.1. The van der Waals surface area contributed by atoms with Gasteiger partial charge in [0.05, 0.1) is 16.7 Å². The summed E-state index contributed by atoms with van der Waals surface area (Å²) in [5.74, 6) is 0.813. The number of nitrogens with zero attached hydrogens (tertiary/aromatic N) is 1. The number of ether oxygens (including phenoxy) is 1. The van der Waals surface area contributed by atoms with Crippen molar-refractivity contribution in [3.63, 3.8) is 0 Å². The van der Waals surface area contributed by atoms with Crippen LogP contribution in [-0.2, 0) is 0 Å². The highest BCUT2D eigenvalue weighted by Gasteiger charge is 2.26. The Kier molecular flexibility index (Phi) is 4.91. The number of hydrogen-bond acceptors (Lipinski definition) is 5. The first-order chi connectivity index (χ1) is 9.54. The minimum atomic E-state index is 0.0556. The van der Waals surface area contributed by atoms with Gasteiger partial charge in [-0.1, -0.05) is 6.92 Å². The number of piperidine rings is 1. The van der Waals surface area contributed by atoms with Crippen molar-refractivity contribution >= 4 is 27.8 Å². The van der Waals surface area contributed by atoms with Crippen molar-refractivity contribution in [1.29, 1.82) is 0 Å². The van der Waals surface area contributed by atoms with Gasteiger partial charge in [0.1, 0.15) is 5.00 Å². The van der Waals surface area contributed by atoms with Gasteiger partial charge in [-0.3, -0.25) is 4.79 Å². The number of Topliss-reactive ketones (excluding diaryl/α,β-unsaturated/α-hetero) is 1. The van der Waals surface area contributed by atoms with Gasteiger partial charge in [0.25, 0.3) is 0 Å². The summed E-state index contributed by atoms with van der Waals surface area (Å²) in [6.07, 6.45) is 4.19. The summed E-state index contributed by atoms with van der Waals surface area (Å²) < 4.78 is 5.90. The second kappa shape index (κ2) is 6.48. The van der Waals surface area contributed by atoms with E-state index in [1.54, 1.807) is 0 Å². The van der Waals surface area contributed by atoms with Crippen LogP contribution in [0.15, 0.2) is 0 Å². The standard InChI is InChI=1S/C15H24N2O2S/c1-4-11(18)14-12(16)13(19-10(2)3)15(20-14)17-8-6-5-7-9-17/h10H,4-9,16H2,1-3H3. The molecule has 1 saturated heterocycles. The van der Waals surface area contributed by atoms with Crippen molar-refractivity contribution in [2.75, 3.05) is 23.7 Å². The summed E-state index contributed by atoms with van der Waals surface area (Å²) in [6, 6.07) is 0. The Morgan fingerprint density at radius 1 is 1.35 bits per heavy atom. The van der Waals surface area contributed by atoms with Crippen molar-refractivity contribution in [2.24, 2.45) is 0 Å². The van der Waals surface area contributed by atoms with E-state index in [2.05, 4.69) is 4.90 Å². The monoisotopic (exact) mass is 296 g/mol. The third kappa shape index (κ3) is 3.08. The van der Waals surface area contributed by atoms with Crippen LogP contribution in [0.3, 0.4) is 0 Å². The summed E-state index contributed by atoms with van der Waals surface area (Å²) in [5, 5.41) is 1.03. The molecule has 5 heteroatoms. The van der Waals surface area contributed by atoms with Crippen molar-refractivity contribution in [1.82, 2.24) is 0 Å². The van der Waals surface area contributed by atoms with E-state index in [1.165, 1.54) is 30.6 Å². The van der Waals surface area contributed by atoms with Crippen LogP contribution in [-0.4, -0.2) is 25.0 Å². The van der Waals surface area contributed by atoms with Crippen LogP contribution < -0.4 is 15.4 Å². The number of carbonyl (C=O) groups excluding carboxylic acids is 1. The SMILES string of the molecule is CCC(=O)c1sc(N2CCCCC2)c(OC(C)C)c1N. The van der Waals surface area contributed by atoms with Gasteiger partial charge in [0.15, 0.2) is 11.5 Å². The fourth-order valence-corrected chi connectivity index (χ4v) is 3.66. The first-order valence-corrected chi connectivity index (χ1v) is 8.23. The lowest BCUT2D eigenvalue weighted by molar-refractivity contribution is 0.0992. The van der Waals surface area contributed by atoms with Crippen LogP contribution in [0.2, 0.25) is 0 Å². The minimum Gasteiger partial charge on any atom is -0.486 e. The van der Waals surface area contributed by atoms with Gasteiger partial charge in [0.2, 0.25) is 0 Å². The van der Waals surface area contributed by atoms with E-state index in [4.69, 9.17) is 10.5 Å². The largest absolute Gasteiger partial charge is 0.486 e. The molecule has 1 aromatic rings. The highest BCUT2D eigenvalue weighted by atomic mass is 32.1. The maximum atomic E-state index is 12.0. The van der Waals surface area contributed by atoms with E-state index in [0.717, 1.165) is 18.1 Å². The molecule has 1 aliphatic heterocycles. The highest BCUT2D eigenvalue weighted by Crippen LogP contribution is 2.46. The van der Waals surface area contributed by atoms with E-state index < -0.39 is 0 Å². The average molecular weight is 296 g/mol. The molecule has 1 aliphatic rings. The van der Waals surface area contributed by atoms with Gasteiger partial charge in [-0.25, -0.2) is 0 Å². The van der Waals surface area contributed by atoms with Crippen molar-refractivity contribution in [3.05, 3.63) is 4.88 Å². The molecule has 0 radical (unpaired) electrons. The third-order valence-corrected chi connectivity index (χ3v) is 4.74. The summed E-state index contributed by atoms with van der Waals surface area (Å²) in [7, 11) is 0. The summed E-state index contributed by atoms with van der Waals surface area (Å²) in [4.78, 5) is 15.0. The second-order valence-electron chi connectivity index (χ2n) is 5.47. The molecule has 2 rings (SSSR count). The average Bonchev–Trinajstić information content (AvgIpc) is 2.76. The van der Waals surface area contributed by atoms with Crippen LogP contribution >= 0.6 is 11.3 Å². The first-order valence-electron chi connectivity index (χ1n) is 7.41.